The predicted octanol–water partition coefficient (Wildman–Crippen LogP) is 2.68. The van der Waals surface area contributed by atoms with Gasteiger partial charge >= 0.3 is 10.1 Å². The highest BCUT2D eigenvalue weighted by atomic mass is 32.2. The number of hydrogen-bond donors (Lipinski definition) is 0. The fraction of sp³-hybridized carbons (Fsp3) is 0.467. The molecule has 5 heteroatoms. The fourth-order valence-corrected chi connectivity index (χ4v) is 4.39. The minimum atomic E-state index is -3.45. The molecule has 1 aromatic carbocycles. The van der Waals surface area contributed by atoms with E-state index in [2.05, 4.69) is 4.90 Å². The molecule has 0 fully saturated rings. The van der Waals surface area contributed by atoms with E-state index in [9.17, 15) is 8.42 Å². The van der Waals surface area contributed by atoms with Crippen LogP contribution in [0.5, 0.6) is 0 Å². The van der Waals surface area contributed by atoms with Crippen LogP contribution < -0.4 is 4.90 Å². The summed E-state index contributed by atoms with van der Waals surface area (Å²) in [6.45, 7) is 0. The molecule has 1 aliphatic carbocycles. The van der Waals surface area contributed by atoms with Gasteiger partial charge in [0.1, 0.15) is 11.5 Å². The fourth-order valence-electron chi connectivity index (χ4n) is 3.02. The Labute approximate surface area is 120 Å². The SMILES string of the molecule is CN(c1ccccc1)C1CS(=O)(=O)OC2=C1CCCC2. The van der Waals surface area contributed by atoms with Crippen molar-refractivity contribution < 1.29 is 12.6 Å². The Balaban J connectivity index is 1.98. The molecule has 0 bridgehead atoms. The van der Waals surface area contributed by atoms with E-state index in [0.717, 1.165) is 36.9 Å². The molecule has 0 radical (unpaired) electrons. The molecule has 0 amide bonds. The molecule has 1 aromatic rings. The van der Waals surface area contributed by atoms with Gasteiger partial charge in [0.05, 0.1) is 6.04 Å². The monoisotopic (exact) mass is 293 g/mol. The number of likely N-dealkylation sites (N-methyl/N-ethyl adjacent to an activating group) is 1. The molecule has 20 heavy (non-hydrogen) atoms. The Morgan fingerprint density at radius 3 is 2.60 bits per heavy atom. The first-order chi connectivity index (χ1) is 9.57. The van der Waals surface area contributed by atoms with Crippen molar-refractivity contribution in [1.82, 2.24) is 0 Å². The average molecular weight is 293 g/mol. The Hall–Kier alpha value is -1.49. The summed E-state index contributed by atoms with van der Waals surface area (Å²) in [7, 11) is -1.50. The molecule has 1 heterocycles. The van der Waals surface area contributed by atoms with Crippen LogP contribution >= 0.6 is 0 Å². The van der Waals surface area contributed by atoms with Crippen LogP contribution in [0, 0.1) is 0 Å². The van der Waals surface area contributed by atoms with Gasteiger partial charge in [-0.15, -0.1) is 0 Å². The zero-order valence-corrected chi connectivity index (χ0v) is 12.4. The molecular weight excluding hydrogens is 274 g/mol. The standard InChI is InChI=1S/C15H19NO3S/c1-16(12-7-3-2-4-8-12)14-11-20(17,18)19-15-10-6-5-9-13(14)15/h2-4,7-8,14H,5-6,9-11H2,1H3. The van der Waals surface area contributed by atoms with Gasteiger partial charge in [-0.3, -0.25) is 0 Å². The third-order valence-corrected chi connectivity index (χ3v) is 5.26. The Kier molecular flexibility index (Phi) is 3.46. The summed E-state index contributed by atoms with van der Waals surface area (Å²) in [6.07, 6.45) is 3.80. The predicted molar refractivity (Wildman–Crippen MR) is 79.0 cm³/mol. The van der Waals surface area contributed by atoms with E-state index < -0.39 is 10.1 Å². The molecule has 0 aromatic heterocycles. The van der Waals surface area contributed by atoms with Gasteiger partial charge in [-0.25, -0.2) is 0 Å². The van der Waals surface area contributed by atoms with Crippen molar-refractivity contribution in [3.8, 4) is 0 Å². The summed E-state index contributed by atoms with van der Waals surface area (Å²) in [6, 6.07) is 9.80. The third kappa shape index (κ3) is 2.54. The lowest BCUT2D eigenvalue weighted by Gasteiger charge is -2.37. The highest BCUT2D eigenvalue weighted by molar-refractivity contribution is 7.86. The van der Waals surface area contributed by atoms with Gasteiger partial charge < -0.3 is 9.08 Å². The summed E-state index contributed by atoms with van der Waals surface area (Å²) in [5.74, 6) is 0.729. The number of hydrogen-bond acceptors (Lipinski definition) is 4. The van der Waals surface area contributed by atoms with E-state index in [1.54, 1.807) is 0 Å². The van der Waals surface area contributed by atoms with Crippen molar-refractivity contribution >= 4 is 15.8 Å². The number of para-hydroxylation sites is 1. The van der Waals surface area contributed by atoms with Crippen LogP contribution in [0.1, 0.15) is 25.7 Å². The van der Waals surface area contributed by atoms with E-state index in [1.165, 1.54) is 0 Å². The number of rotatable bonds is 2. The minimum absolute atomic E-state index is 0.0389. The number of benzene rings is 1. The topological polar surface area (TPSA) is 46.6 Å². The van der Waals surface area contributed by atoms with Gasteiger partial charge in [-0.1, -0.05) is 18.2 Å². The van der Waals surface area contributed by atoms with Crippen LogP contribution in [0.25, 0.3) is 0 Å². The van der Waals surface area contributed by atoms with Gasteiger partial charge in [0.2, 0.25) is 0 Å². The lowest BCUT2D eigenvalue weighted by Crippen LogP contribution is -2.43. The molecule has 1 atom stereocenters. The van der Waals surface area contributed by atoms with Crippen LogP contribution in [-0.2, 0) is 14.3 Å². The molecule has 0 N–H and O–H groups in total. The molecule has 4 nitrogen and oxygen atoms in total. The number of nitrogens with zero attached hydrogens (tertiary/aromatic N) is 1. The summed E-state index contributed by atoms with van der Waals surface area (Å²) in [5.41, 5.74) is 2.20. The Morgan fingerprint density at radius 2 is 1.85 bits per heavy atom. The van der Waals surface area contributed by atoms with Crippen molar-refractivity contribution in [2.45, 2.75) is 31.7 Å². The largest absolute Gasteiger partial charge is 0.387 e. The van der Waals surface area contributed by atoms with Crippen LogP contribution in [0.4, 0.5) is 5.69 Å². The molecule has 0 spiro atoms. The van der Waals surface area contributed by atoms with E-state index in [4.69, 9.17) is 4.18 Å². The Morgan fingerprint density at radius 1 is 1.15 bits per heavy atom. The summed E-state index contributed by atoms with van der Waals surface area (Å²) in [5, 5.41) is 0. The first-order valence-corrected chi connectivity index (χ1v) is 8.56. The molecular formula is C15H19NO3S. The molecule has 2 aliphatic rings. The molecule has 0 saturated carbocycles. The normalized spacial score (nSPS) is 24.8. The van der Waals surface area contributed by atoms with E-state index >= 15 is 0 Å². The van der Waals surface area contributed by atoms with E-state index in [-0.39, 0.29) is 11.8 Å². The lowest BCUT2D eigenvalue weighted by molar-refractivity contribution is 0.345. The van der Waals surface area contributed by atoms with Gasteiger partial charge in [0.25, 0.3) is 0 Å². The zero-order chi connectivity index (χ0) is 14.2. The average Bonchev–Trinajstić information content (AvgIpc) is 2.45. The number of anilines is 1. The molecule has 1 aliphatic heterocycles. The first-order valence-electron chi connectivity index (χ1n) is 6.99. The minimum Gasteiger partial charge on any atom is -0.387 e. The summed E-state index contributed by atoms with van der Waals surface area (Å²) >= 11 is 0. The second-order valence-electron chi connectivity index (χ2n) is 5.43. The zero-order valence-electron chi connectivity index (χ0n) is 11.6. The first kappa shape index (κ1) is 13.5. The van der Waals surface area contributed by atoms with Crippen molar-refractivity contribution in [3.63, 3.8) is 0 Å². The van der Waals surface area contributed by atoms with Crippen LogP contribution in [-0.4, -0.2) is 27.3 Å². The molecule has 0 saturated heterocycles. The second kappa shape index (κ2) is 5.13. The second-order valence-corrected chi connectivity index (χ2v) is 7.04. The third-order valence-electron chi connectivity index (χ3n) is 4.08. The van der Waals surface area contributed by atoms with Crippen molar-refractivity contribution in [1.29, 1.82) is 0 Å². The smallest absolute Gasteiger partial charge is 0.311 e. The molecule has 108 valence electrons. The lowest BCUT2D eigenvalue weighted by atomic mass is 9.92. The summed E-state index contributed by atoms with van der Waals surface area (Å²) < 4.78 is 29.2. The molecule has 3 rings (SSSR count). The van der Waals surface area contributed by atoms with Gasteiger partial charge in [0.15, 0.2) is 0 Å². The van der Waals surface area contributed by atoms with Gasteiger partial charge in [0, 0.05) is 19.2 Å². The highest BCUT2D eigenvalue weighted by Gasteiger charge is 2.36. The van der Waals surface area contributed by atoms with Crippen LogP contribution in [0.15, 0.2) is 41.7 Å². The van der Waals surface area contributed by atoms with Crippen molar-refractivity contribution in [2.24, 2.45) is 0 Å². The van der Waals surface area contributed by atoms with Crippen molar-refractivity contribution in [2.75, 3.05) is 17.7 Å². The maximum atomic E-state index is 12.0. The van der Waals surface area contributed by atoms with E-state index in [1.807, 2.05) is 37.4 Å². The van der Waals surface area contributed by atoms with Gasteiger partial charge in [-0.05, 0) is 37.0 Å². The van der Waals surface area contributed by atoms with Crippen LogP contribution in [0.3, 0.4) is 0 Å². The molecule has 1 unspecified atom stereocenters. The maximum absolute atomic E-state index is 12.0. The highest BCUT2D eigenvalue weighted by Crippen LogP contribution is 2.36. The maximum Gasteiger partial charge on any atom is 0.311 e. The Bertz CT molecular complexity index is 622. The van der Waals surface area contributed by atoms with Crippen LogP contribution in [0.2, 0.25) is 0 Å². The number of allylic oxidation sites excluding steroid dienone is 1. The van der Waals surface area contributed by atoms with Gasteiger partial charge in [-0.2, -0.15) is 8.42 Å². The quantitative estimate of drug-likeness (QED) is 0.787. The van der Waals surface area contributed by atoms with Crippen molar-refractivity contribution in [3.05, 3.63) is 41.7 Å². The summed E-state index contributed by atoms with van der Waals surface area (Å²) in [4.78, 5) is 2.06. The van der Waals surface area contributed by atoms with E-state index in [0.29, 0.717) is 5.76 Å².